The first-order chi connectivity index (χ1) is 13.1. The third-order valence-corrected chi connectivity index (χ3v) is 4.33. The first-order valence-corrected chi connectivity index (χ1v) is 9.20. The Kier molecular flexibility index (Phi) is 6.36. The maximum absolute atomic E-state index is 12.2. The predicted octanol–water partition coefficient (Wildman–Crippen LogP) is -0.250. The number of ether oxygens (including phenoxy) is 3. The van der Waals surface area contributed by atoms with Crippen molar-refractivity contribution in [2.75, 3.05) is 46.1 Å². The van der Waals surface area contributed by atoms with Crippen molar-refractivity contribution >= 4 is 5.97 Å². The van der Waals surface area contributed by atoms with Crippen molar-refractivity contribution in [1.29, 1.82) is 0 Å². The third-order valence-electron chi connectivity index (χ3n) is 4.33. The normalized spacial score (nSPS) is 14.9. The quantitative estimate of drug-likeness (QED) is 0.666. The maximum atomic E-state index is 12.2. The molecule has 0 aromatic carbocycles. The number of hydrogen-bond donors (Lipinski definition) is 1. The number of aromatic nitrogens is 4. The van der Waals surface area contributed by atoms with Gasteiger partial charge >= 0.3 is 5.97 Å². The van der Waals surface area contributed by atoms with Crippen LogP contribution >= 0.6 is 0 Å². The summed E-state index contributed by atoms with van der Waals surface area (Å²) in [5.74, 6) is 0.0900. The van der Waals surface area contributed by atoms with Gasteiger partial charge in [0, 0.05) is 5.69 Å². The minimum absolute atomic E-state index is 0.221. The maximum Gasteiger partial charge on any atom is 0.345 e. The lowest BCUT2D eigenvalue weighted by Crippen LogP contribution is -3.14. The molecule has 27 heavy (non-hydrogen) atoms. The largest absolute Gasteiger partial charge is 0.471 e. The highest BCUT2D eigenvalue weighted by molar-refractivity contribution is 5.91. The van der Waals surface area contributed by atoms with Crippen LogP contribution in [0.4, 0.5) is 0 Å². The number of quaternary nitrogens is 1. The second-order valence-electron chi connectivity index (χ2n) is 6.41. The van der Waals surface area contributed by atoms with Crippen LogP contribution in [0, 0.1) is 13.8 Å². The topological polar surface area (TPSA) is 92.8 Å². The van der Waals surface area contributed by atoms with Gasteiger partial charge in [0.05, 0.1) is 31.7 Å². The lowest BCUT2D eigenvalue weighted by molar-refractivity contribution is -0.908. The number of hydrogen-bond acceptors (Lipinski definition) is 7. The molecule has 3 heterocycles. The molecule has 0 amide bonds. The Labute approximate surface area is 158 Å². The van der Waals surface area contributed by atoms with E-state index < -0.39 is 5.97 Å². The van der Waals surface area contributed by atoms with E-state index in [9.17, 15) is 4.79 Å². The van der Waals surface area contributed by atoms with Crippen LogP contribution in [-0.2, 0) is 9.47 Å². The number of nitrogens with one attached hydrogen (secondary N) is 1. The van der Waals surface area contributed by atoms with Gasteiger partial charge in [-0.15, -0.1) is 0 Å². The Morgan fingerprint density at radius 1 is 1.33 bits per heavy atom. The molecule has 0 spiro atoms. The van der Waals surface area contributed by atoms with Crippen molar-refractivity contribution in [2.24, 2.45) is 0 Å². The highest BCUT2D eigenvalue weighted by Gasteiger charge is 2.20. The fraction of sp³-hybridized carbons (Fsp3) is 0.556. The van der Waals surface area contributed by atoms with E-state index in [2.05, 4.69) is 15.1 Å². The summed E-state index contributed by atoms with van der Waals surface area (Å²) >= 11 is 0. The molecular formula is C18H26N5O4+. The van der Waals surface area contributed by atoms with Crippen LogP contribution in [0.15, 0.2) is 12.3 Å². The Bertz CT molecular complexity index is 786. The predicted molar refractivity (Wildman–Crippen MR) is 96.5 cm³/mol. The molecule has 1 saturated heterocycles. The van der Waals surface area contributed by atoms with Crippen molar-refractivity contribution < 1.29 is 23.9 Å². The summed E-state index contributed by atoms with van der Waals surface area (Å²) in [5, 5.41) is 4.39. The second-order valence-corrected chi connectivity index (χ2v) is 6.41. The highest BCUT2D eigenvalue weighted by atomic mass is 16.5. The summed E-state index contributed by atoms with van der Waals surface area (Å²) in [6.07, 6.45) is 1.44. The van der Waals surface area contributed by atoms with E-state index in [0.717, 1.165) is 44.2 Å². The molecule has 0 saturated carbocycles. The van der Waals surface area contributed by atoms with Gasteiger partial charge in [0.25, 0.3) is 5.95 Å². The van der Waals surface area contributed by atoms with Gasteiger partial charge < -0.3 is 19.1 Å². The van der Waals surface area contributed by atoms with Crippen molar-refractivity contribution in [3.05, 3.63) is 29.2 Å². The fourth-order valence-corrected chi connectivity index (χ4v) is 2.95. The molecule has 2 aromatic rings. The molecular weight excluding hydrogens is 350 g/mol. The summed E-state index contributed by atoms with van der Waals surface area (Å²) in [6.45, 7) is 10.5. The number of nitrogens with zero attached hydrogens (tertiary/aromatic N) is 4. The van der Waals surface area contributed by atoms with Gasteiger partial charge in [-0.1, -0.05) is 0 Å². The van der Waals surface area contributed by atoms with E-state index in [1.807, 2.05) is 19.9 Å². The van der Waals surface area contributed by atoms with Crippen molar-refractivity contribution in [3.8, 4) is 11.8 Å². The van der Waals surface area contributed by atoms with Gasteiger partial charge in [0.2, 0.25) is 5.88 Å². The standard InChI is InChI=1S/C18H25N5O4/c1-4-26-17(24)15-12-19-18(23-14(3)11-13(2)21-23)20-16(15)27-10-7-22-5-8-25-9-6-22/h11-12H,4-10H2,1-3H3/p+1. The third kappa shape index (κ3) is 4.81. The lowest BCUT2D eigenvalue weighted by atomic mass is 10.3. The molecule has 1 N–H and O–H groups in total. The average Bonchev–Trinajstić information content (AvgIpc) is 3.01. The number of carbonyl (C=O) groups is 1. The zero-order valence-corrected chi connectivity index (χ0v) is 16.0. The molecule has 9 heteroatoms. The van der Waals surface area contributed by atoms with E-state index in [4.69, 9.17) is 14.2 Å². The van der Waals surface area contributed by atoms with Gasteiger partial charge in [-0.2, -0.15) is 10.1 Å². The monoisotopic (exact) mass is 376 g/mol. The van der Waals surface area contributed by atoms with Crippen LogP contribution in [0.3, 0.4) is 0 Å². The van der Waals surface area contributed by atoms with Crippen LogP contribution in [-0.4, -0.2) is 71.8 Å². The summed E-state index contributed by atoms with van der Waals surface area (Å²) in [6, 6.07) is 1.94. The van der Waals surface area contributed by atoms with Gasteiger partial charge in [0.1, 0.15) is 31.8 Å². The van der Waals surface area contributed by atoms with Gasteiger partial charge in [-0.05, 0) is 26.8 Å². The summed E-state index contributed by atoms with van der Waals surface area (Å²) < 4.78 is 18.0. The average molecular weight is 376 g/mol. The van der Waals surface area contributed by atoms with E-state index in [1.54, 1.807) is 11.6 Å². The highest BCUT2D eigenvalue weighted by Crippen LogP contribution is 2.18. The molecule has 1 fully saturated rings. The van der Waals surface area contributed by atoms with Gasteiger partial charge in [0.15, 0.2) is 0 Å². The second kappa shape index (κ2) is 8.92. The Balaban J connectivity index is 1.79. The fourth-order valence-electron chi connectivity index (χ4n) is 2.95. The van der Waals surface area contributed by atoms with Crippen LogP contribution < -0.4 is 9.64 Å². The molecule has 146 valence electrons. The molecule has 0 atom stereocenters. The van der Waals surface area contributed by atoms with E-state index >= 15 is 0 Å². The Morgan fingerprint density at radius 3 is 2.78 bits per heavy atom. The molecule has 1 aliphatic rings. The van der Waals surface area contributed by atoms with Crippen LogP contribution in [0.5, 0.6) is 5.88 Å². The minimum atomic E-state index is -0.494. The number of aryl methyl sites for hydroxylation is 2. The molecule has 3 rings (SSSR count). The number of carbonyl (C=O) groups excluding carboxylic acids is 1. The van der Waals surface area contributed by atoms with E-state index in [-0.39, 0.29) is 18.1 Å². The SMILES string of the molecule is CCOC(=O)c1cnc(-n2nc(C)cc2C)nc1OCC[NH+]1CCOCC1. The number of esters is 1. The molecule has 1 aliphatic heterocycles. The molecule has 9 nitrogen and oxygen atoms in total. The Hall–Kier alpha value is -2.52. The first kappa shape index (κ1) is 19.2. The summed E-state index contributed by atoms with van der Waals surface area (Å²) in [7, 11) is 0. The molecule has 0 unspecified atom stereocenters. The molecule has 0 radical (unpaired) electrons. The zero-order chi connectivity index (χ0) is 19.2. The van der Waals surface area contributed by atoms with Gasteiger partial charge in [-0.25, -0.2) is 14.5 Å². The summed E-state index contributed by atoms with van der Waals surface area (Å²) in [4.78, 5) is 22.3. The van der Waals surface area contributed by atoms with Gasteiger partial charge in [-0.3, -0.25) is 0 Å². The van der Waals surface area contributed by atoms with E-state index in [0.29, 0.717) is 12.6 Å². The van der Waals surface area contributed by atoms with Crippen LogP contribution in [0.25, 0.3) is 5.95 Å². The van der Waals surface area contributed by atoms with Crippen molar-refractivity contribution in [2.45, 2.75) is 20.8 Å². The van der Waals surface area contributed by atoms with Crippen molar-refractivity contribution in [3.63, 3.8) is 0 Å². The smallest absolute Gasteiger partial charge is 0.345 e. The van der Waals surface area contributed by atoms with E-state index in [1.165, 1.54) is 11.1 Å². The lowest BCUT2D eigenvalue weighted by Gasteiger charge is -2.23. The van der Waals surface area contributed by atoms with Crippen molar-refractivity contribution in [1.82, 2.24) is 19.7 Å². The molecule has 0 bridgehead atoms. The van der Waals surface area contributed by atoms with Crippen LogP contribution in [0.1, 0.15) is 28.7 Å². The minimum Gasteiger partial charge on any atom is -0.471 e. The van der Waals surface area contributed by atoms with Crippen LogP contribution in [0.2, 0.25) is 0 Å². The Morgan fingerprint density at radius 2 is 2.11 bits per heavy atom. The number of rotatable bonds is 7. The number of morpholine rings is 1. The first-order valence-electron chi connectivity index (χ1n) is 9.20. The zero-order valence-electron chi connectivity index (χ0n) is 16.0. The molecule has 0 aliphatic carbocycles. The summed E-state index contributed by atoms with van der Waals surface area (Å²) in [5.41, 5.74) is 1.99. The molecule has 2 aromatic heterocycles.